The van der Waals surface area contributed by atoms with Crippen LogP contribution in [0.2, 0.25) is 0 Å². The fourth-order valence-corrected chi connectivity index (χ4v) is 3.82. The largest absolute Gasteiger partial charge is 0.444 e. The highest BCUT2D eigenvalue weighted by molar-refractivity contribution is 6.02. The summed E-state index contributed by atoms with van der Waals surface area (Å²) < 4.78 is 16.5. The number of benzene rings is 2. The molecule has 7 heteroatoms. The van der Waals surface area contributed by atoms with E-state index in [0.29, 0.717) is 11.5 Å². The molecule has 3 rings (SSSR count). The molecule has 1 saturated carbocycles. The lowest BCUT2D eigenvalue weighted by atomic mass is 9.85. The van der Waals surface area contributed by atoms with Crippen LogP contribution >= 0.6 is 0 Å². The summed E-state index contributed by atoms with van der Waals surface area (Å²) in [6, 6.07) is 16.4. The number of ether oxygens (including phenoxy) is 3. The van der Waals surface area contributed by atoms with Crippen LogP contribution in [-0.4, -0.2) is 29.7 Å². The monoisotopic (exact) mass is 451 g/mol. The van der Waals surface area contributed by atoms with Crippen molar-refractivity contribution in [2.45, 2.75) is 45.3 Å². The van der Waals surface area contributed by atoms with E-state index in [1.165, 1.54) is 0 Å². The maximum Gasteiger partial charge on any atom is 0.407 e. The number of alkyl carbamates (subject to hydrolysis) is 1. The number of rotatable bonds is 6. The Bertz CT molecular complexity index is 943. The van der Waals surface area contributed by atoms with Gasteiger partial charge in [0, 0.05) is 6.04 Å². The van der Waals surface area contributed by atoms with E-state index in [4.69, 9.17) is 14.2 Å². The summed E-state index contributed by atoms with van der Waals surface area (Å²) in [5.41, 5.74) is -2.33. The van der Waals surface area contributed by atoms with E-state index in [1.807, 2.05) is 0 Å². The number of carbonyl (C=O) groups excluding carboxylic acids is 3. The molecule has 0 saturated heterocycles. The van der Waals surface area contributed by atoms with E-state index in [2.05, 4.69) is 11.9 Å². The van der Waals surface area contributed by atoms with Gasteiger partial charge in [0.1, 0.15) is 17.1 Å². The normalized spacial score (nSPS) is 19.2. The van der Waals surface area contributed by atoms with Gasteiger partial charge in [-0.2, -0.15) is 0 Å². The topological polar surface area (TPSA) is 90.9 Å². The molecule has 0 aliphatic heterocycles. The average molecular weight is 452 g/mol. The Labute approximate surface area is 193 Å². The second-order valence-corrected chi connectivity index (χ2v) is 9.05. The maximum atomic E-state index is 13.4. The highest BCUT2D eigenvalue weighted by atomic mass is 16.6. The number of esters is 2. The maximum absolute atomic E-state index is 13.4. The second kappa shape index (κ2) is 9.90. The first kappa shape index (κ1) is 24.0. The lowest BCUT2D eigenvalue weighted by Gasteiger charge is -2.25. The molecule has 2 atom stereocenters. The SMILES string of the molecule is C=C[C@H]1CC(C(=O)Oc2ccccc2)(C(=O)Oc2ccccc2)C[C@@H]1NC(=O)OC(C)(C)C. The minimum absolute atomic E-state index is 0.0136. The van der Waals surface area contributed by atoms with E-state index >= 15 is 0 Å². The Morgan fingerprint density at radius 3 is 1.82 bits per heavy atom. The smallest absolute Gasteiger partial charge is 0.407 e. The summed E-state index contributed by atoms with van der Waals surface area (Å²) in [6.07, 6.45) is 1.05. The summed E-state index contributed by atoms with van der Waals surface area (Å²) in [7, 11) is 0. The minimum Gasteiger partial charge on any atom is -0.444 e. The van der Waals surface area contributed by atoms with Gasteiger partial charge in [0.25, 0.3) is 0 Å². The lowest BCUT2D eigenvalue weighted by molar-refractivity contribution is -0.161. The number of nitrogens with one attached hydrogen (secondary N) is 1. The molecule has 0 radical (unpaired) electrons. The van der Waals surface area contributed by atoms with Gasteiger partial charge >= 0.3 is 18.0 Å². The number of amides is 1. The van der Waals surface area contributed by atoms with Gasteiger partial charge in [0.15, 0.2) is 5.41 Å². The molecular formula is C26H29NO6. The molecule has 1 N–H and O–H groups in total. The van der Waals surface area contributed by atoms with Crippen LogP contribution in [0, 0.1) is 11.3 Å². The first-order chi connectivity index (χ1) is 15.6. The molecule has 2 aromatic carbocycles. The predicted molar refractivity (Wildman–Crippen MR) is 123 cm³/mol. The van der Waals surface area contributed by atoms with E-state index in [9.17, 15) is 14.4 Å². The first-order valence-corrected chi connectivity index (χ1v) is 10.8. The summed E-state index contributed by atoms with van der Waals surface area (Å²) in [4.78, 5) is 39.2. The molecule has 7 nitrogen and oxygen atoms in total. The van der Waals surface area contributed by atoms with Crippen molar-refractivity contribution in [1.82, 2.24) is 5.32 Å². The summed E-state index contributed by atoms with van der Waals surface area (Å²) >= 11 is 0. The quantitative estimate of drug-likeness (QED) is 0.297. The lowest BCUT2D eigenvalue weighted by Crippen LogP contribution is -2.45. The van der Waals surface area contributed by atoms with Crippen molar-refractivity contribution in [3.63, 3.8) is 0 Å². The third-order valence-electron chi connectivity index (χ3n) is 5.36. The van der Waals surface area contributed by atoms with Crippen molar-refractivity contribution < 1.29 is 28.6 Å². The van der Waals surface area contributed by atoms with Crippen LogP contribution in [-0.2, 0) is 14.3 Å². The first-order valence-electron chi connectivity index (χ1n) is 10.8. The van der Waals surface area contributed by atoms with Crippen LogP contribution in [0.3, 0.4) is 0 Å². The molecule has 1 aliphatic rings. The third-order valence-corrected chi connectivity index (χ3v) is 5.36. The van der Waals surface area contributed by atoms with Crippen molar-refractivity contribution in [2.75, 3.05) is 0 Å². The van der Waals surface area contributed by atoms with Crippen LogP contribution in [0.4, 0.5) is 4.79 Å². The zero-order chi connectivity index (χ0) is 24.1. The van der Waals surface area contributed by atoms with Gasteiger partial charge in [-0.05, 0) is 63.8 Å². The highest BCUT2D eigenvalue weighted by Crippen LogP contribution is 2.45. The summed E-state index contributed by atoms with van der Waals surface area (Å²) in [5.74, 6) is -1.23. The third kappa shape index (κ3) is 6.00. The number of hydrogen-bond acceptors (Lipinski definition) is 6. The zero-order valence-electron chi connectivity index (χ0n) is 19.1. The van der Waals surface area contributed by atoms with Crippen LogP contribution in [0.5, 0.6) is 11.5 Å². The van der Waals surface area contributed by atoms with E-state index < -0.39 is 35.1 Å². The second-order valence-electron chi connectivity index (χ2n) is 9.05. The number of carbonyl (C=O) groups is 3. The van der Waals surface area contributed by atoms with E-state index in [0.717, 1.165) is 0 Å². The van der Waals surface area contributed by atoms with Crippen molar-refractivity contribution in [1.29, 1.82) is 0 Å². The molecule has 0 heterocycles. The Kier molecular flexibility index (Phi) is 7.21. The van der Waals surface area contributed by atoms with Gasteiger partial charge in [-0.3, -0.25) is 9.59 Å². The van der Waals surface area contributed by atoms with Gasteiger partial charge in [-0.1, -0.05) is 42.5 Å². The Balaban J connectivity index is 1.89. The molecule has 0 spiro atoms. The Hall–Kier alpha value is -3.61. The molecule has 174 valence electrons. The summed E-state index contributed by atoms with van der Waals surface area (Å²) in [6.45, 7) is 9.10. The average Bonchev–Trinajstić information content (AvgIpc) is 3.13. The van der Waals surface area contributed by atoms with Crippen LogP contribution < -0.4 is 14.8 Å². The number of para-hydroxylation sites is 2. The van der Waals surface area contributed by atoms with E-state index in [1.54, 1.807) is 87.5 Å². The van der Waals surface area contributed by atoms with Gasteiger partial charge in [0.2, 0.25) is 0 Å². The van der Waals surface area contributed by atoms with Gasteiger partial charge in [-0.25, -0.2) is 4.79 Å². The fourth-order valence-electron chi connectivity index (χ4n) is 3.82. The molecule has 1 fully saturated rings. The van der Waals surface area contributed by atoms with Crippen molar-refractivity contribution in [2.24, 2.45) is 11.3 Å². The molecule has 0 bridgehead atoms. The molecule has 33 heavy (non-hydrogen) atoms. The molecule has 0 aromatic heterocycles. The fraction of sp³-hybridized carbons (Fsp3) is 0.346. The Morgan fingerprint density at radius 2 is 1.39 bits per heavy atom. The van der Waals surface area contributed by atoms with Gasteiger partial charge < -0.3 is 19.5 Å². The van der Waals surface area contributed by atoms with Gasteiger partial charge in [-0.15, -0.1) is 6.58 Å². The predicted octanol–water partition coefficient (Wildman–Crippen LogP) is 4.67. The van der Waals surface area contributed by atoms with Crippen LogP contribution in [0.25, 0.3) is 0 Å². The standard InChI is InChI=1S/C26H29NO6/c1-5-18-16-26(22(28)31-19-12-8-6-9-13-19,23(29)32-20-14-10-7-11-15-20)17-21(18)27-24(30)33-25(2,3)4/h5-15,18,21H,1,16-17H2,2-4H3,(H,27,30)/t18-,21-/m0/s1. The molecule has 1 amide bonds. The van der Waals surface area contributed by atoms with Gasteiger partial charge in [0.05, 0.1) is 0 Å². The molecule has 1 aliphatic carbocycles. The zero-order valence-corrected chi connectivity index (χ0v) is 19.1. The molecule has 2 aromatic rings. The minimum atomic E-state index is -1.63. The van der Waals surface area contributed by atoms with Crippen LogP contribution in [0.1, 0.15) is 33.6 Å². The van der Waals surface area contributed by atoms with Crippen molar-refractivity contribution in [3.8, 4) is 11.5 Å². The van der Waals surface area contributed by atoms with E-state index in [-0.39, 0.29) is 18.8 Å². The molecule has 0 unspecified atom stereocenters. The summed E-state index contributed by atoms with van der Waals surface area (Å²) in [5, 5.41) is 2.78. The number of hydrogen-bond donors (Lipinski definition) is 1. The Morgan fingerprint density at radius 1 is 0.909 bits per heavy atom. The molecular weight excluding hydrogens is 422 g/mol. The highest BCUT2D eigenvalue weighted by Gasteiger charge is 2.58. The van der Waals surface area contributed by atoms with Crippen LogP contribution in [0.15, 0.2) is 73.3 Å². The van der Waals surface area contributed by atoms with Crippen molar-refractivity contribution >= 4 is 18.0 Å². The van der Waals surface area contributed by atoms with Crippen molar-refractivity contribution in [3.05, 3.63) is 73.3 Å².